The standard InChI is InChI=1S/C15H24N4O4S/c1-9(2)12-7-19(24(4,22)23)8-13(12)18-14(20)5-11-6-16-10(3)17-15(11)21/h6,9,12-13H,5,7-8H2,1-4H3,(H,18,20)(H,16,17,21)/t12-,13+/m1/s1. The molecule has 9 heteroatoms. The highest BCUT2D eigenvalue weighted by Crippen LogP contribution is 2.26. The average molecular weight is 356 g/mol. The number of hydrogen-bond donors (Lipinski definition) is 2. The van der Waals surface area contributed by atoms with Crippen LogP contribution in [0.25, 0.3) is 0 Å². The second-order valence-electron chi connectivity index (χ2n) is 6.66. The normalized spacial score (nSPS) is 22.0. The number of H-pyrrole nitrogens is 1. The van der Waals surface area contributed by atoms with Gasteiger partial charge in [-0.2, -0.15) is 4.31 Å². The molecule has 2 atom stereocenters. The van der Waals surface area contributed by atoms with Crippen LogP contribution in [0, 0.1) is 18.8 Å². The Morgan fingerprint density at radius 3 is 2.67 bits per heavy atom. The van der Waals surface area contributed by atoms with Gasteiger partial charge in [0, 0.05) is 30.9 Å². The molecule has 0 spiro atoms. The summed E-state index contributed by atoms with van der Waals surface area (Å²) in [5, 5.41) is 2.88. The van der Waals surface area contributed by atoms with Crippen LogP contribution < -0.4 is 10.9 Å². The number of nitrogens with zero attached hydrogens (tertiary/aromatic N) is 2. The number of hydrogen-bond acceptors (Lipinski definition) is 5. The zero-order valence-corrected chi connectivity index (χ0v) is 15.2. The lowest BCUT2D eigenvalue weighted by Crippen LogP contribution is -2.43. The third-order valence-corrected chi connectivity index (χ3v) is 5.59. The highest BCUT2D eigenvalue weighted by molar-refractivity contribution is 7.88. The summed E-state index contributed by atoms with van der Waals surface area (Å²) in [4.78, 5) is 30.6. The first-order valence-corrected chi connectivity index (χ1v) is 9.72. The van der Waals surface area contributed by atoms with Crippen molar-refractivity contribution >= 4 is 15.9 Å². The Kier molecular flexibility index (Phi) is 5.44. The molecular formula is C15H24N4O4S. The fourth-order valence-corrected chi connectivity index (χ4v) is 3.83. The summed E-state index contributed by atoms with van der Waals surface area (Å²) in [6.45, 7) is 6.33. The van der Waals surface area contributed by atoms with Crippen molar-refractivity contribution in [3.63, 3.8) is 0 Å². The summed E-state index contributed by atoms with van der Waals surface area (Å²) in [6.07, 6.45) is 2.49. The maximum absolute atomic E-state index is 12.3. The first-order valence-electron chi connectivity index (χ1n) is 7.87. The van der Waals surface area contributed by atoms with Crippen molar-refractivity contribution < 1.29 is 13.2 Å². The molecule has 1 fully saturated rings. The number of aromatic amines is 1. The minimum atomic E-state index is -3.29. The van der Waals surface area contributed by atoms with Crippen molar-refractivity contribution in [1.29, 1.82) is 0 Å². The summed E-state index contributed by atoms with van der Waals surface area (Å²) in [5.41, 5.74) is -0.0422. The molecule has 0 bridgehead atoms. The number of aryl methyl sites for hydroxylation is 1. The van der Waals surface area contributed by atoms with Gasteiger partial charge in [-0.1, -0.05) is 13.8 Å². The fourth-order valence-electron chi connectivity index (χ4n) is 2.96. The predicted molar refractivity (Wildman–Crippen MR) is 90.0 cm³/mol. The van der Waals surface area contributed by atoms with Gasteiger partial charge in [0.2, 0.25) is 15.9 Å². The Balaban J connectivity index is 2.07. The van der Waals surface area contributed by atoms with Gasteiger partial charge in [0.05, 0.1) is 12.7 Å². The Morgan fingerprint density at radius 1 is 1.46 bits per heavy atom. The second-order valence-corrected chi connectivity index (χ2v) is 8.64. The van der Waals surface area contributed by atoms with Crippen LogP contribution in [0.15, 0.2) is 11.0 Å². The van der Waals surface area contributed by atoms with E-state index in [0.29, 0.717) is 12.4 Å². The van der Waals surface area contributed by atoms with Crippen LogP contribution >= 0.6 is 0 Å². The average Bonchev–Trinajstić information content (AvgIpc) is 2.86. The smallest absolute Gasteiger partial charge is 0.254 e. The molecule has 0 aliphatic carbocycles. The van der Waals surface area contributed by atoms with Gasteiger partial charge in [0.15, 0.2) is 0 Å². The zero-order valence-electron chi connectivity index (χ0n) is 14.4. The first kappa shape index (κ1) is 18.6. The van der Waals surface area contributed by atoms with Gasteiger partial charge < -0.3 is 10.3 Å². The molecule has 1 aromatic rings. The number of rotatable bonds is 5. The largest absolute Gasteiger partial charge is 0.351 e. The molecule has 2 rings (SSSR count). The minimum absolute atomic E-state index is 0.0399. The molecule has 0 unspecified atom stereocenters. The summed E-state index contributed by atoms with van der Waals surface area (Å²) in [6, 6.07) is -0.260. The van der Waals surface area contributed by atoms with E-state index in [9.17, 15) is 18.0 Å². The van der Waals surface area contributed by atoms with Crippen molar-refractivity contribution in [3.05, 3.63) is 27.9 Å². The van der Waals surface area contributed by atoms with Crippen molar-refractivity contribution in [3.8, 4) is 0 Å². The van der Waals surface area contributed by atoms with Crippen LogP contribution in [0.1, 0.15) is 25.2 Å². The van der Waals surface area contributed by atoms with Gasteiger partial charge in [-0.3, -0.25) is 9.59 Å². The van der Waals surface area contributed by atoms with E-state index < -0.39 is 10.0 Å². The topological polar surface area (TPSA) is 112 Å². The Bertz CT molecular complexity index is 772. The van der Waals surface area contributed by atoms with Gasteiger partial charge in [-0.25, -0.2) is 13.4 Å². The second kappa shape index (κ2) is 7.02. The number of carbonyl (C=O) groups is 1. The number of nitrogens with one attached hydrogen (secondary N) is 2. The maximum Gasteiger partial charge on any atom is 0.254 e. The lowest BCUT2D eigenvalue weighted by molar-refractivity contribution is -0.121. The van der Waals surface area contributed by atoms with Gasteiger partial charge in [0.1, 0.15) is 5.82 Å². The van der Waals surface area contributed by atoms with Crippen LogP contribution in [0.4, 0.5) is 0 Å². The molecule has 1 amide bonds. The third-order valence-electron chi connectivity index (χ3n) is 4.35. The number of aromatic nitrogens is 2. The van der Waals surface area contributed by atoms with E-state index in [1.165, 1.54) is 16.8 Å². The minimum Gasteiger partial charge on any atom is -0.351 e. The van der Waals surface area contributed by atoms with E-state index in [1.54, 1.807) is 6.92 Å². The Hall–Kier alpha value is -1.74. The molecule has 1 saturated heterocycles. The third kappa shape index (κ3) is 4.41. The van der Waals surface area contributed by atoms with E-state index in [0.717, 1.165) is 0 Å². The van der Waals surface area contributed by atoms with Crippen LogP contribution in [0.5, 0.6) is 0 Å². The summed E-state index contributed by atoms with van der Waals surface area (Å²) >= 11 is 0. The molecule has 0 aromatic carbocycles. The zero-order chi connectivity index (χ0) is 18.1. The van der Waals surface area contributed by atoms with E-state index >= 15 is 0 Å². The molecule has 2 heterocycles. The van der Waals surface area contributed by atoms with Gasteiger partial charge in [-0.05, 0) is 18.8 Å². The molecular weight excluding hydrogens is 332 g/mol. The molecule has 0 saturated carbocycles. The molecule has 1 aromatic heterocycles. The summed E-state index contributed by atoms with van der Waals surface area (Å²) in [7, 11) is -3.29. The highest BCUT2D eigenvalue weighted by Gasteiger charge is 2.39. The highest BCUT2D eigenvalue weighted by atomic mass is 32.2. The number of carbonyl (C=O) groups excluding carboxylic acids is 1. The van der Waals surface area contributed by atoms with Gasteiger partial charge in [-0.15, -0.1) is 0 Å². The molecule has 134 valence electrons. The van der Waals surface area contributed by atoms with E-state index in [1.807, 2.05) is 13.8 Å². The monoisotopic (exact) mass is 356 g/mol. The summed E-state index contributed by atoms with van der Waals surface area (Å²) < 4.78 is 24.9. The van der Waals surface area contributed by atoms with Crippen molar-refractivity contribution in [2.75, 3.05) is 19.3 Å². The molecule has 1 aliphatic rings. The lowest BCUT2D eigenvalue weighted by atomic mass is 9.91. The predicted octanol–water partition coefficient (Wildman–Crippen LogP) is -0.347. The van der Waals surface area contributed by atoms with E-state index in [4.69, 9.17) is 0 Å². The molecule has 0 radical (unpaired) electrons. The first-order chi connectivity index (χ1) is 11.1. The van der Waals surface area contributed by atoms with Crippen LogP contribution in [0.3, 0.4) is 0 Å². The molecule has 8 nitrogen and oxygen atoms in total. The molecule has 24 heavy (non-hydrogen) atoms. The molecule has 2 N–H and O–H groups in total. The van der Waals surface area contributed by atoms with E-state index in [2.05, 4.69) is 15.3 Å². The van der Waals surface area contributed by atoms with Crippen molar-refractivity contribution in [1.82, 2.24) is 19.6 Å². The Morgan fingerprint density at radius 2 is 2.12 bits per heavy atom. The fraction of sp³-hybridized carbons (Fsp3) is 0.667. The van der Waals surface area contributed by atoms with Crippen molar-refractivity contribution in [2.24, 2.45) is 11.8 Å². The SMILES string of the molecule is Cc1ncc(CC(=O)N[C@H]2CN(S(C)(=O)=O)C[C@@H]2C(C)C)c(=O)[nH]1. The number of amides is 1. The lowest BCUT2D eigenvalue weighted by Gasteiger charge is -2.22. The summed E-state index contributed by atoms with van der Waals surface area (Å²) in [5.74, 6) is 0.449. The van der Waals surface area contributed by atoms with Gasteiger partial charge >= 0.3 is 0 Å². The van der Waals surface area contributed by atoms with Crippen LogP contribution in [0.2, 0.25) is 0 Å². The van der Waals surface area contributed by atoms with Crippen LogP contribution in [-0.4, -0.2) is 54.0 Å². The quantitative estimate of drug-likeness (QED) is 0.749. The van der Waals surface area contributed by atoms with E-state index in [-0.39, 0.29) is 47.9 Å². The van der Waals surface area contributed by atoms with Gasteiger partial charge in [0.25, 0.3) is 5.56 Å². The Labute approximate surface area is 141 Å². The van der Waals surface area contributed by atoms with Crippen molar-refractivity contribution in [2.45, 2.75) is 33.2 Å². The number of sulfonamides is 1. The maximum atomic E-state index is 12.3. The van der Waals surface area contributed by atoms with Crippen LogP contribution in [-0.2, 0) is 21.2 Å². The molecule has 1 aliphatic heterocycles.